The summed E-state index contributed by atoms with van der Waals surface area (Å²) in [5.41, 5.74) is 0. The van der Waals surface area contributed by atoms with Gasteiger partial charge < -0.3 is 10.2 Å². The Balaban J connectivity index is 1.62. The van der Waals surface area contributed by atoms with Gasteiger partial charge in [0.2, 0.25) is 5.91 Å². The van der Waals surface area contributed by atoms with Crippen LogP contribution in [0.5, 0.6) is 0 Å². The van der Waals surface area contributed by atoms with Gasteiger partial charge >= 0.3 is 0 Å². The van der Waals surface area contributed by atoms with Gasteiger partial charge in [-0.2, -0.15) is 0 Å². The van der Waals surface area contributed by atoms with Crippen molar-refractivity contribution in [2.45, 2.75) is 25.8 Å². The largest absolute Gasteiger partial charge is 0.356 e. The summed E-state index contributed by atoms with van der Waals surface area (Å²) in [7, 11) is 2.07. The minimum Gasteiger partial charge on any atom is -0.356 e. The Bertz CT molecular complexity index is 365. The molecule has 1 saturated heterocycles. The van der Waals surface area contributed by atoms with Gasteiger partial charge in [0.25, 0.3) is 0 Å². The summed E-state index contributed by atoms with van der Waals surface area (Å²) in [6.07, 6.45) is 6.51. The molecule has 1 aromatic heterocycles. The van der Waals surface area contributed by atoms with E-state index in [0.29, 0.717) is 6.54 Å². The van der Waals surface area contributed by atoms with Gasteiger partial charge in [-0.1, -0.05) is 5.21 Å². The highest BCUT2D eigenvalue weighted by atomic mass is 16.1. The molecule has 18 heavy (non-hydrogen) atoms. The van der Waals surface area contributed by atoms with E-state index in [2.05, 4.69) is 27.6 Å². The topological polar surface area (TPSA) is 63.1 Å². The normalized spacial score (nSPS) is 20.8. The maximum absolute atomic E-state index is 11.9. The Kier molecular flexibility index (Phi) is 4.69. The smallest absolute Gasteiger partial charge is 0.224 e. The number of carbonyl (C=O) groups excluding carboxylic acids is 1. The van der Waals surface area contributed by atoms with Crippen LogP contribution in [0, 0.1) is 5.92 Å². The molecular weight excluding hydrogens is 230 g/mol. The molecule has 1 N–H and O–H groups in total. The molecule has 1 unspecified atom stereocenters. The fourth-order valence-corrected chi connectivity index (χ4v) is 2.33. The molecule has 6 nitrogen and oxygen atoms in total. The quantitative estimate of drug-likeness (QED) is 0.755. The minimum atomic E-state index is 0.162. The fraction of sp³-hybridized carbons (Fsp3) is 0.750. The summed E-state index contributed by atoms with van der Waals surface area (Å²) in [5.74, 6) is 0.357. The van der Waals surface area contributed by atoms with Crippen LogP contribution in [0.3, 0.4) is 0 Å². The Morgan fingerprint density at radius 1 is 1.56 bits per heavy atom. The summed E-state index contributed by atoms with van der Waals surface area (Å²) >= 11 is 0. The lowest BCUT2D eigenvalue weighted by Crippen LogP contribution is -2.41. The predicted molar refractivity (Wildman–Crippen MR) is 67.9 cm³/mol. The van der Waals surface area contributed by atoms with Gasteiger partial charge in [-0.25, -0.2) is 0 Å². The van der Waals surface area contributed by atoms with E-state index in [1.165, 1.54) is 0 Å². The van der Waals surface area contributed by atoms with Crippen molar-refractivity contribution in [3.8, 4) is 0 Å². The maximum Gasteiger partial charge on any atom is 0.224 e. The molecule has 0 radical (unpaired) electrons. The van der Waals surface area contributed by atoms with E-state index in [1.54, 1.807) is 10.9 Å². The van der Waals surface area contributed by atoms with Gasteiger partial charge in [0.15, 0.2) is 0 Å². The van der Waals surface area contributed by atoms with Crippen molar-refractivity contribution < 1.29 is 4.79 Å². The van der Waals surface area contributed by atoms with Crippen LogP contribution in [-0.4, -0.2) is 52.5 Å². The molecule has 100 valence electrons. The molecule has 0 aliphatic carbocycles. The lowest BCUT2D eigenvalue weighted by molar-refractivity contribution is -0.126. The second-order valence-corrected chi connectivity index (χ2v) is 4.91. The summed E-state index contributed by atoms with van der Waals surface area (Å²) in [6, 6.07) is 0. The minimum absolute atomic E-state index is 0.162. The summed E-state index contributed by atoms with van der Waals surface area (Å²) in [4.78, 5) is 14.2. The first kappa shape index (κ1) is 13.0. The van der Waals surface area contributed by atoms with E-state index in [1.807, 2.05) is 6.20 Å². The lowest BCUT2D eigenvalue weighted by Gasteiger charge is -2.28. The highest BCUT2D eigenvalue weighted by Crippen LogP contribution is 2.14. The standard InChI is InChI=1S/C12H21N5O/c1-16-7-2-4-11(10-16)12(18)13-5-3-8-17-9-6-14-15-17/h6,9,11H,2-5,7-8,10H2,1H3,(H,13,18). The molecule has 0 saturated carbocycles. The second kappa shape index (κ2) is 6.49. The SMILES string of the molecule is CN1CCCC(C(=O)NCCCn2ccnn2)C1. The molecule has 2 rings (SSSR count). The van der Waals surface area contributed by atoms with Gasteiger partial charge in [-0.05, 0) is 32.9 Å². The van der Waals surface area contributed by atoms with Crippen molar-refractivity contribution in [1.82, 2.24) is 25.2 Å². The third-order valence-electron chi connectivity index (χ3n) is 3.33. The molecule has 1 aliphatic rings. The number of likely N-dealkylation sites (tertiary alicyclic amines) is 1. The molecule has 0 bridgehead atoms. The molecule has 0 spiro atoms. The van der Waals surface area contributed by atoms with Crippen LogP contribution in [0.15, 0.2) is 12.4 Å². The number of aryl methyl sites for hydroxylation is 1. The van der Waals surface area contributed by atoms with E-state index < -0.39 is 0 Å². The van der Waals surface area contributed by atoms with E-state index in [-0.39, 0.29) is 11.8 Å². The first-order valence-electron chi connectivity index (χ1n) is 6.56. The van der Waals surface area contributed by atoms with Crippen LogP contribution in [0.4, 0.5) is 0 Å². The van der Waals surface area contributed by atoms with Gasteiger partial charge in [-0.3, -0.25) is 9.48 Å². The Hall–Kier alpha value is -1.43. The van der Waals surface area contributed by atoms with Crippen molar-refractivity contribution in [3.63, 3.8) is 0 Å². The highest BCUT2D eigenvalue weighted by molar-refractivity contribution is 5.78. The number of aromatic nitrogens is 3. The third-order valence-corrected chi connectivity index (χ3v) is 3.33. The monoisotopic (exact) mass is 251 g/mol. The van der Waals surface area contributed by atoms with Gasteiger partial charge in [0.1, 0.15) is 0 Å². The number of hydrogen-bond donors (Lipinski definition) is 1. The Morgan fingerprint density at radius 2 is 2.44 bits per heavy atom. The van der Waals surface area contributed by atoms with Gasteiger partial charge in [-0.15, -0.1) is 5.10 Å². The number of hydrogen-bond acceptors (Lipinski definition) is 4. The summed E-state index contributed by atoms with van der Waals surface area (Å²) < 4.78 is 1.78. The maximum atomic E-state index is 11.9. The number of amides is 1. The zero-order valence-corrected chi connectivity index (χ0v) is 10.9. The highest BCUT2D eigenvalue weighted by Gasteiger charge is 2.23. The third kappa shape index (κ3) is 3.80. The van der Waals surface area contributed by atoms with Crippen molar-refractivity contribution in [2.24, 2.45) is 5.92 Å². The Labute approximate surface area is 107 Å². The van der Waals surface area contributed by atoms with Crippen LogP contribution in [0.25, 0.3) is 0 Å². The van der Waals surface area contributed by atoms with Crippen LogP contribution in [0.2, 0.25) is 0 Å². The molecule has 1 atom stereocenters. The van der Waals surface area contributed by atoms with Crippen LogP contribution in [0.1, 0.15) is 19.3 Å². The molecule has 1 aliphatic heterocycles. The van der Waals surface area contributed by atoms with Gasteiger partial charge in [0, 0.05) is 25.8 Å². The van der Waals surface area contributed by atoms with Crippen molar-refractivity contribution in [2.75, 3.05) is 26.7 Å². The molecule has 2 heterocycles. The van der Waals surface area contributed by atoms with Gasteiger partial charge in [0.05, 0.1) is 12.1 Å². The average Bonchev–Trinajstić information content (AvgIpc) is 2.87. The van der Waals surface area contributed by atoms with E-state index in [0.717, 1.165) is 38.9 Å². The van der Waals surface area contributed by atoms with E-state index >= 15 is 0 Å². The molecule has 0 aromatic carbocycles. The van der Waals surface area contributed by atoms with Crippen LogP contribution >= 0.6 is 0 Å². The van der Waals surface area contributed by atoms with Crippen LogP contribution < -0.4 is 5.32 Å². The predicted octanol–water partition coefficient (Wildman–Crippen LogP) is 0.126. The fourth-order valence-electron chi connectivity index (χ4n) is 2.33. The number of nitrogens with one attached hydrogen (secondary N) is 1. The van der Waals surface area contributed by atoms with Crippen molar-refractivity contribution >= 4 is 5.91 Å². The first-order chi connectivity index (χ1) is 8.75. The Morgan fingerprint density at radius 3 is 3.17 bits per heavy atom. The number of nitrogens with zero attached hydrogens (tertiary/aromatic N) is 4. The number of piperidine rings is 1. The molecule has 6 heteroatoms. The second-order valence-electron chi connectivity index (χ2n) is 4.91. The average molecular weight is 251 g/mol. The summed E-state index contributed by atoms with van der Waals surface area (Å²) in [6.45, 7) is 3.49. The number of rotatable bonds is 5. The van der Waals surface area contributed by atoms with Crippen molar-refractivity contribution in [1.29, 1.82) is 0 Å². The summed E-state index contributed by atoms with van der Waals surface area (Å²) in [5, 5.41) is 10.6. The first-order valence-corrected chi connectivity index (χ1v) is 6.56. The lowest BCUT2D eigenvalue weighted by atomic mass is 9.97. The van der Waals surface area contributed by atoms with Crippen molar-refractivity contribution in [3.05, 3.63) is 12.4 Å². The molecular formula is C12H21N5O. The van der Waals surface area contributed by atoms with E-state index in [4.69, 9.17) is 0 Å². The zero-order chi connectivity index (χ0) is 12.8. The number of carbonyl (C=O) groups is 1. The zero-order valence-electron chi connectivity index (χ0n) is 10.9. The molecule has 1 fully saturated rings. The van der Waals surface area contributed by atoms with Crippen LogP contribution in [-0.2, 0) is 11.3 Å². The van der Waals surface area contributed by atoms with E-state index in [9.17, 15) is 4.79 Å². The molecule has 1 amide bonds. The molecule has 1 aromatic rings.